The molecule has 0 saturated heterocycles. The van der Waals surface area contributed by atoms with Gasteiger partial charge in [0, 0.05) is 20.3 Å². The van der Waals surface area contributed by atoms with E-state index < -0.39 is 0 Å². The highest BCUT2D eigenvalue weighted by molar-refractivity contribution is 5.65. The average molecular weight is 147 g/mol. The molecule has 11 heavy (non-hydrogen) atoms. The Balaban J connectivity index is 3.15. The maximum Gasteiger partial charge on any atom is 0.228 e. The van der Waals surface area contributed by atoms with Crippen LogP contribution in [0.3, 0.4) is 0 Å². The van der Waals surface area contributed by atoms with Gasteiger partial charge in [-0.05, 0) is 0 Å². The van der Waals surface area contributed by atoms with Crippen LogP contribution in [0.25, 0.3) is 4.85 Å². The molecule has 0 aliphatic carbocycles. The van der Waals surface area contributed by atoms with Crippen molar-refractivity contribution in [2.45, 2.75) is 0 Å². The third kappa shape index (κ3) is 1.47. The minimum Gasteiger partial charge on any atom is -0.371 e. The number of hydrogen-bond acceptors (Lipinski definition) is 2. The average Bonchev–Trinajstić information content (AvgIpc) is 2.04. The lowest BCUT2D eigenvalue weighted by atomic mass is 10.4. The molecular formula is C8H9N3. The summed E-state index contributed by atoms with van der Waals surface area (Å²) in [6.07, 6.45) is 1.68. The second-order valence-corrected chi connectivity index (χ2v) is 2.35. The van der Waals surface area contributed by atoms with Crippen LogP contribution in [-0.2, 0) is 0 Å². The number of hydrogen-bond donors (Lipinski definition) is 0. The number of aromatic nitrogens is 1. The zero-order chi connectivity index (χ0) is 8.27. The van der Waals surface area contributed by atoms with E-state index in [1.807, 2.05) is 19.0 Å². The first-order chi connectivity index (χ1) is 5.25. The van der Waals surface area contributed by atoms with Gasteiger partial charge < -0.3 is 4.90 Å². The van der Waals surface area contributed by atoms with Gasteiger partial charge in [-0.25, -0.2) is 4.85 Å². The summed E-state index contributed by atoms with van der Waals surface area (Å²) >= 11 is 0. The van der Waals surface area contributed by atoms with Gasteiger partial charge in [0.05, 0.1) is 6.57 Å². The van der Waals surface area contributed by atoms with Crippen molar-refractivity contribution in [2.75, 3.05) is 19.0 Å². The molecule has 1 aromatic heterocycles. The maximum atomic E-state index is 6.84. The van der Waals surface area contributed by atoms with Crippen molar-refractivity contribution in [2.24, 2.45) is 0 Å². The van der Waals surface area contributed by atoms with Crippen LogP contribution in [0.2, 0.25) is 0 Å². The molecule has 0 atom stereocenters. The van der Waals surface area contributed by atoms with Gasteiger partial charge in [-0.1, -0.05) is 12.1 Å². The van der Waals surface area contributed by atoms with Crippen molar-refractivity contribution < 1.29 is 0 Å². The summed E-state index contributed by atoms with van der Waals surface area (Å²) in [4.78, 5) is 9.23. The van der Waals surface area contributed by atoms with Gasteiger partial charge in [-0.3, -0.25) is 4.98 Å². The highest BCUT2D eigenvalue weighted by Crippen LogP contribution is 2.22. The van der Waals surface area contributed by atoms with E-state index in [1.54, 1.807) is 18.3 Å². The molecule has 0 aromatic carbocycles. The van der Waals surface area contributed by atoms with Gasteiger partial charge in [0.15, 0.2) is 0 Å². The van der Waals surface area contributed by atoms with E-state index in [2.05, 4.69) is 9.83 Å². The molecule has 1 aromatic rings. The van der Waals surface area contributed by atoms with Crippen molar-refractivity contribution in [1.29, 1.82) is 0 Å². The fraction of sp³-hybridized carbons (Fsp3) is 0.250. The Hall–Kier alpha value is -1.56. The van der Waals surface area contributed by atoms with E-state index in [0.717, 1.165) is 5.82 Å². The Bertz CT molecular complexity index is 286. The number of pyridine rings is 1. The van der Waals surface area contributed by atoms with Gasteiger partial charge in [-0.2, -0.15) is 0 Å². The van der Waals surface area contributed by atoms with Gasteiger partial charge >= 0.3 is 0 Å². The van der Waals surface area contributed by atoms with E-state index in [1.165, 1.54) is 0 Å². The first-order valence-corrected chi connectivity index (χ1v) is 3.25. The lowest BCUT2D eigenvalue weighted by Gasteiger charge is -2.11. The number of anilines is 1. The Morgan fingerprint density at radius 1 is 1.55 bits per heavy atom. The van der Waals surface area contributed by atoms with Crippen molar-refractivity contribution in [3.63, 3.8) is 0 Å². The summed E-state index contributed by atoms with van der Waals surface area (Å²) in [6, 6.07) is 3.52. The van der Waals surface area contributed by atoms with Gasteiger partial charge in [0.2, 0.25) is 5.69 Å². The van der Waals surface area contributed by atoms with Crippen LogP contribution in [0.4, 0.5) is 11.5 Å². The zero-order valence-corrected chi connectivity index (χ0v) is 6.57. The van der Waals surface area contributed by atoms with Gasteiger partial charge in [-0.15, -0.1) is 0 Å². The predicted molar refractivity (Wildman–Crippen MR) is 44.8 cm³/mol. The molecule has 0 saturated carbocycles. The van der Waals surface area contributed by atoms with Crippen molar-refractivity contribution in [1.82, 2.24) is 4.98 Å². The van der Waals surface area contributed by atoms with Crippen LogP contribution in [0, 0.1) is 6.57 Å². The summed E-state index contributed by atoms with van der Waals surface area (Å²) in [5, 5.41) is 0. The van der Waals surface area contributed by atoms with Crippen LogP contribution in [0.1, 0.15) is 0 Å². The third-order valence-corrected chi connectivity index (χ3v) is 1.31. The molecule has 1 rings (SSSR count). The molecule has 3 heteroatoms. The Labute approximate surface area is 66.1 Å². The third-order valence-electron chi connectivity index (χ3n) is 1.31. The summed E-state index contributed by atoms with van der Waals surface area (Å²) < 4.78 is 0. The molecule has 1 heterocycles. The van der Waals surface area contributed by atoms with Crippen LogP contribution >= 0.6 is 0 Å². The molecule has 0 fully saturated rings. The molecular weight excluding hydrogens is 138 g/mol. The molecule has 56 valence electrons. The molecule has 0 spiro atoms. The number of rotatable bonds is 1. The van der Waals surface area contributed by atoms with E-state index in [4.69, 9.17) is 6.57 Å². The van der Waals surface area contributed by atoms with E-state index >= 15 is 0 Å². The largest absolute Gasteiger partial charge is 0.371 e. The summed E-state index contributed by atoms with van der Waals surface area (Å²) in [6.45, 7) is 6.84. The highest BCUT2D eigenvalue weighted by atomic mass is 15.1. The van der Waals surface area contributed by atoms with Gasteiger partial charge in [0.25, 0.3) is 0 Å². The second-order valence-electron chi connectivity index (χ2n) is 2.35. The van der Waals surface area contributed by atoms with Crippen LogP contribution < -0.4 is 4.90 Å². The van der Waals surface area contributed by atoms with Crippen molar-refractivity contribution >= 4 is 11.5 Å². The standard InChI is InChI=1S/C8H9N3/c1-9-7-5-4-6-10-8(7)11(2)3/h4-6H,2-3H3. The highest BCUT2D eigenvalue weighted by Gasteiger charge is 2.02. The molecule has 3 nitrogen and oxygen atoms in total. The molecule has 0 N–H and O–H groups in total. The monoisotopic (exact) mass is 147 g/mol. The lowest BCUT2D eigenvalue weighted by molar-refractivity contribution is 1.07. The van der Waals surface area contributed by atoms with Crippen LogP contribution in [-0.4, -0.2) is 19.1 Å². The molecule has 0 radical (unpaired) electrons. The van der Waals surface area contributed by atoms with E-state index in [9.17, 15) is 0 Å². The number of nitrogens with zero attached hydrogens (tertiary/aromatic N) is 3. The zero-order valence-electron chi connectivity index (χ0n) is 6.57. The quantitative estimate of drug-likeness (QED) is 0.563. The summed E-state index contributed by atoms with van der Waals surface area (Å²) in [7, 11) is 3.74. The molecule has 0 bridgehead atoms. The predicted octanol–water partition coefficient (Wildman–Crippen LogP) is 1.70. The molecule has 0 unspecified atom stereocenters. The minimum absolute atomic E-state index is 0.595. The second kappa shape index (κ2) is 3.02. The fourth-order valence-corrected chi connectivity index (χ4v) is 0.820. The Kier molecular flexibility index (Phi) is 2.07. The SMILES string of the molecule is [C-]#[N+]c1cccnc1N(C)C. The first kappa shape index (κ1) is 7.55. The summed E-state index contributed by atoms with van der Waals surface area (Å²) in [5.74, 6) is 0.725. The Morgan fingerprint density at radius 3 is 2.73 bits per heavy atom. The topological polar surface area (TPSA) is 20.5 Å². The van der Waals surface area contributed by atoms with Gasteiger partial charge in [0.1, 0.15) is 5.82 Å². The lowest BCUT2D eigenvalue weighted by Crippen LogP contribution is -2.10. The van der Waals surface area contributed by atoms with E-state index in [0.29, 0.717) is 5.69 Å². The molecule has 0 amide bonds. The van der Waals surface area contributed by atoms with Crippen molar-refractivity contribution in [3.05, 3.63) is 29.7 Å². The van der Waals surface area contributed by atoms with Crippen molar-refractivity contribution in [3.8, 4) is 0 Å². The van der Waals surface area contributed by atoms with Crippen LogP contribution in [0.5, 0.6) is 0 Å². The maximum absolute atomic E-state index is 6.84. The smallest absolute Gasteiger partial charge is 0.228 e. The molecule has 0 aliphatic heterocycles. The fourth-order valence-electron chi connectivity index (χ4n) is 0.820. The van der Waals surface area contributed by atoms with E-state index in [-0.39, 0.29) is 0 Å². The normalized spacial score (nSPS) is 8.82. The minimum atomic E-state index is 0.595. The summed E-state index contributed by atoms with van der Waals surface area (Å²) in [5.41, 5.74) is 0.595. The first-order valence-electron chi connectivity index (χ1n) is 3.25. The van der Waals surface area contributed by atoms with Crippen LogP contribution in [0.15, 0.2) is 18.3 Å². The Morgan fingerprint density at radius 2 is 2.27 bits per heavy atom. The molecule has 0 aliphatic rings.